The first-order valence-electron chi connectivity index (χ1n) is 12.5. The summed E-state index contributed by atoms with van der Waals surface area (Å²) >= 11 is 0. The normalized spacial score (nSPS) is 27.2. The number of aryl methyl sites for hydroxylation is 1. The highest BCUT2D eigenvalue weighted by Gasteiger charge is 2.25. The van der Waals surface area contributed by atoms with Crippen molar-refractivity contribution in [1.29, 1.82) is 5.26 Å². The fraction of sp³-hybridized carbons (Fsp3) is 0.679. The van der Waals surface area contributed by atoms with Gasteiger partial charge in [0.1, 0.15) is 0 Å². The highest BCUT2D eigenvalue weighted by Crippen LogP contribution is 2.37. The van der Waals surface area contributed by atoms with Crippen LogP contribution in [0, 0.1) is 23.2 Å². The zero-order valence-corrected chi connectivity index (χ0v) is 19.0. The van der Waals surface area contributed by atoms with E-state index in [1.807, 2.05) is 6.08 Å². The molecule has 0 aromatic heterocycles. The van der Waals surface area contributed by atoms with Crippen LogP contribution >= 0.6 is 0 Å². The first kappa shape index (κ1) is 23.1. The standard InChI is InChI=1S/C28H41NO/c1-2-3-7-23-9-15-26(16-10-23)27-17-11-25(12-18-27)22-30-28-19-13-24(14-20-28)8-5-4-6-21-29/h4,6,9-10,15-16,24-25,27-28H,2-3,5,7-8,11-14,17-20,22H2,1H3/t24-,25-,27-,28-. The minimum Gasteiger partial charge on any atom is -0.378 e. The summed E-state index contributed by atoms with van der Waals surface area (Å²) in [6.45, 7) is 3.24. The van der Waals surface area contributed by atoms with E-state index in [2.05, 4.69) is 37.3 Å². The van der Waals surface area contributed by atoms with Gasteiger partial charge in [-0.3, -0.25) is 0 Å². The lowest BCUT2D eigenvalue weighted by molar-refractivity contribution is -0.00824. The van der Waals surface area contributed by atoms with Crippen molar-refractivity contribution in [1.82, 2.24) is 0 Å². The first-order chi connectivity index (χ1) is 14.8. The number of unbranched alkanes of at least 4 members (excludes halogenated alkanes) is 1. The van der Waals surface area contributed by atoms with Gasteiger partial charge in [0.15, 0.2) is 0 Å². The second kappa shape index (κ2) is 13.0. The number of ether oxygens (including phenoxy) is 1. The van der Waals surface area contributed by atoms with Crippen LogP contribution in [0.1, 0.15) is 101 Å². The van der Waals surface area contributed by atoms with Crippen molar-refractivity contribution in [2.24, 2.45) is 11.8 Å². The Morgan fingerprint density at radius 3 is 2.33 bits per heavy atom. The largest absolute Gasteiger partial charge is 0.378 e. The van der Waals surface area contributed by atoms with Gasteiger partial charge in [0, 0.05) is 12.7 Å². The molecule has 2 aliphatic rings. The van der Waals surface area contributed by atoms with Gasteiger partial charge in [0.25, 0.3) is 0 Å². The van der Waals surface area contributed by atoms with Crippen LogP contribution in [0.4, 0.5) is 0 Å². The van der Waals surface area contributed by atoms with Gasteiger partial charge in [-0.15, -0.1) is 0 Å². The molecule has 2 fully saturated rings. The summed E-state index contributed by atoms with van der Waals surface area (Å²) in [7, 11) is 0. The molecule has 3 rings (SSSR count). The summed E-state index contributed by atoms with van der Waals surface area (Å²) in [4.78, 5) is 0. The third-order valence-corrected chi connectivity index (χ3v) is 7.41. The van der Waals surface area contributed by atoms with Crippen LogP contribution in [-0.4, -0.2) is 12.7 Å². The predicted octanol–water partition coefficient (Wildman–Crippen LogP) is 7.74. The summed E-state index contributed by atoms with van der Waals surface area (Å²) in [5, 5.41) is 8.56. The number of hydrogen-bond donors (Lipinski definition) is 0. The Balaban J connectivity index is 1.30. The minimum atomic E-state index is 0.490. The minimum absolute atomic E-state index is 0.490. The van der Waals surface area contributed by atoms with Crippen molar-refractivity contribution in [3.05, 3.63) is 47.5 Å². The highest BCUT2D eigenvalue weighted by molar-refractivity contribution is 5.26. The first-order valence-corrected chi connectivity index (χ1v) is 12.5. The molecule has 0 spiro atoms. The van der Waals surface area contributed by atoms with Gasteiger partial charge in [0.2, 0.25) is 0 Å². The van der Waals surface area contributed by atoms with Crippen LogP contribution < -0.4 is 0 Å². The summed E-state index contributed by atoms with van der Waals surface area (Å²) < 4.78 is 6.35. The molecule has 0 amide bonds. The molecule has 164 valence electrons. The number of hydrogen-bond acceptors (Lipinski definition) is 2. The lowest BCUT2D eigenvalue weighted by Gasteiger charge is -2.32. The van der Waals surface area contributed by atoms with E-state index in [1.165, 1.54) is 82.6 Å². The molecule has 0 bridgehead atoms. The smallest absolute Gasteiger partial charge is 0.0908 e. The van der Waals surface area contributed by atoms with Gasteiger partial charge in [-0.25, -0.2) is 0 Å². The third kappa shape index (κ3) is 7.59. The Labute approximate surface area is 184 Å². The van der Waals surface area contributed by atoms with Crippen LogP contribution in [-0.2, 0) is 11.2 Å². The molecule has 0 radical (unpaired) electrons. The topological polar surface area (TPSA) is 33.0 Å². The molecule has 2 saturated carbocycles. The second-order valence-electron chi connectivity index (χ2n) is 9.65. The van der Waals surface area contributed by atoms with Crippen molar-refractivity contribution in [3.63, 3.8) is 0 Å². The van der Waals surface area contributed by atoms with Gasteiger partial charge in [-0.1, -0.05) is 43.7 Å². The molecule has 0 atom stereocenters. The van der Waals surface area contributed by atoms with E-state index in [9.17, 15) is 0 Å². The highest BCUT2D eigenvalue weighted by atomic mass is 16.5. The van der Waals surface area contributed by atoms with Crippen LogP contribution in [0.25, 0.3) is 0 Å². The van der Waals surface area contributed by atoms with Crippen LogP contribution in [0.3, 0.4) is 0 Å². The van der Waals surface area contributed by atoms with Gasteiger partial charge < -0.3 is 4.74 Å². The molecule has 0 heterocycles. The van der Waals surface area contributed by atoms with Gasteiger partial charge >= 0.3 is 0 Å². The molecular formula is C28H41NO. The lowest BCUT2D eigenvalue weighted by Crippen LogP contribution is -2.25. The molecular weight excluding hydrogens is 366 g/mol. The molecule has 0 saturated heterocycles. The average Bonchev–Trinajstić information content (AvgIpc) is 2.81. The van der Waals surface area contributed by atoms with Crippen LogP contribution in [0.15, 0.2) is 36.4 Å². The quantitative estimate of drug-likeness (QED) is 0.372. The number of nitriles is 1. The molecule has 1 aromatic carbocycles. The molecule has 2 aliphatic carbocycles. The van der Waals surface area contributed by atoms with E-state index in [-0.39, 0.29) is 0 Å². The Bertz CT molecular complexity index is 655. The van der Waals surface area contributed by atoms with Crippen molar-refractivity contribution in [2.75, 3.05) is 6.61 Å². The van der Waals surface area contributed by atoms with Gasteiger partial charge in [-0.2, -0.15) is 5.26 Å². The maximum atomic E-state index is 8.56. The van der Waals surface area contributed by atoms with Crippen molar-refractivity contribution in [2.45, 2.75) is 102 Å². The molecule has 0 unspecified atom stereocenters. The van der Waals surface area contributed by atoms with E-state index in [1.54, 1.807) is 11.6 Å². The SMILES string of the molecule is CCCCc1ccc([C@H]2CC[C@H](CO[C@H]3CC[C@H](CCC=CC#N)CC3)CC2)cc1. The maximum Gasteiger partial charge on any atom is 0.0908 e. The zero-order valence-electron chi connectivity index (χ0n) is 19.0. The maximum absolute atomic E-state index is 8.56. The molecule has 2 nitrogen and oxygen atoms in total. The van der Waals surface area contributed by atoms with Crippen molar-refractivity contribution in [3.8, 4) is 6.07 Å². The summed E-state index contributed by atoms with van der Waals surface area (Å²) in [5.74, 6) is 2.35. The van der Waals surface area contributed by atoms with Crippen molar-refractivity contribution < 1.29 is 4.74 Å². The predicted molar refractivity (Wildman–Crippen MR) is 125 cm³/mol. The molecule has 2 heteroatoms. The molecule has 0 aliphatic heterocycles. The Morgan fingerprint density at radius 2 is 1.67 bits per heavy atom. The number of benzene rings is 1. The summed E-state index contributed by atoms with van der Waals surface area (Å²) in [5.41, 5.74) is 3.05. The Kier molecular flexibility index (Phi) is 9.97. The number of nitrogens with zero attached hydrogens (tertiary/aromatic N) is 1. The lowest BCUT2D eigenvalue weighted by atomic mass is 9.78. The average molecular weight is 408 g/mol. The van der Waals surface area contributed by atoms with Crippen LogP contribution in [0.2, 0.25) is 0 Å². The van der Waals surface area contributed by atoms with Crippen LogP contribution in [0.5, 0.6) is 0 Å². The summed E-state index contributed by atoms with van der Waals surface area (Å²) in [6.07, 6.45) is 20.5. The molecule has 1 aromatic rings. The Hall–Kier alpha value is -1.59. The Morgan fingerprint density at radius 1 is 0.967 bits per heavy atom. The molecule has 30 heavy (non-hydrogen) atoms. The second-order valence-corrected chi connectivity index (χ2v) is 9.65. The zero-order chi connectivity index (χ0) is 21.0. The van der Waals surface area contributed by atoms with Crippen molar-refractivity contribution >= 4 is 0 Å². The monoisotopic (exact) mass is 407 g/mol. The summed E-state index contributed by atoms with van der Waals surface area (Å²) in [6, 6.07) is 11.6. The van der Waals surface area contributed by atoms with E-state index in [0.29, 0.717) is 6.10 Å². The fourth-order valence-corrected chi connectivity index (χ4v) is 5.33. The fourth-order valence-electron chi connectivity index (χ4n) is 5.33. The third-order valence-electron chi connectivity index (χ3n) is 7.41. The van der Waals surface area contributed by atoms with E-state index >= 15 is 0 Å². The number of allylic oxidation sites excluding steroid dienone is 2. The van der Waals surface area contributed by atoms with Gasteiger partial charge in [-0.05, 0) is 106 Å². The van der Waals surface area contributed by atoms with E-state index < -0.39 is 0 Å². The van der Waals surface area contributed by atoms with E-state index in [0.717, 1.165) is 30.8 Å². The van der Waals surface area contributed by atoms with E-state index in [4.69, 9.17) is 10.00 Å². The van der Waals surface area contributed by atoms with Gasteiger partial charge in [0.05, 0.1) is 12.2 Å². The number of rotatable bonds is 10. The molecule has 0 N–H and O–H groups in total.